The second kappa shape index (κ2) is 6.76. The molecule has 1 aromatic carbocycles. The van der Waals surface area contributed by atoms with Gasteiger partial charge in [-0.05, 0) is 49.4 Å². The normalized spacial score (nSPS) is 18.4. The molecule has 0 amide bonds. The summed E-state index contributed by atoms with van der Waals surface area (Å²) in [6.45, 7) is 4.57. The van der Waals surface area contributed by atoms with Gasteiger partial charge in [0.2, 0.25) is 0 Å². The number of ether oxygens (including phenoxy) is 2. The molecule has 0 aliphatic heterocycles. The molecule has 2 rings (SSSR count). The summed E-state index contributed by atoms with van der Waals surface area (Å²) in [7, 11) is 1.72. The number of rotatable bonds is 6. The Bertz CT molecular complexity index is 379. The summed E-state index contributed by atoms with van der Waals surface area (Å²) in [5, 5.41) is 3.57. The lowest BCUT2D eigenvalue weighted by Gasteiger charge is -2.26. The van der Waals surface area contributed by atoms with Crippen LogP contribution in [0.4, 0.5) is 0 Å². The van der Waals surface area contributed by atoms with Crippen LogP contribution >= 0.6 is 0 Å². The van der Waals surface area contributed by atoms with Gasteiger partial charge in [-0.15, -0.1) is 0 Å². The van der Waals surface area contributed by atoms with Crippen molar-refractivity contribution in [3.8, 4) is 5.75 Å². The molecule has 1 atom stereocenters. The molecular formula is C15H23NO2. The van der Waals surface area contributed by atoms with Crippen LogP contribution in [0.3, 0.4) is 0 Å². The molecule has 0 aromatic heterocycles. The van der Waals surface area contributed by atoms with Crippen LogP contribution in [0, 0.1) is 0 Å². The van der Waals surface area contributed by atoms with E-state index in [1.807, 2.05) is 6.92 Å². The predicted molar refractivity (Wildman–Crippen MR) is 73.3 cm³/mol. The van der Waals surface area contributed by atoms with Crippen LogP contribution in [0.15, 0.2) is 18.2 Å². The lowest BCUT2D eigenvalue weighted by Crippen LogP contribution is -2.36. The van der Waals surface area contributed by atoms with Gasteiger partial charge in [0.05, 0.1) is 13.7 Å². The van der Waals surface area contributed by atoms with Crippen molar-refractivity contribution in [2.75, 3.05) is 26.9 Å². The molecule has 18 heavy (non-hydrogen) atoms. The number of fused-ring (bicyclic) bond motifs is 1. The van der Waals surface area contributed by atoms with Crippen molar-refractivity contribution in [2.24, 2.45) is 0 Å². The maximum atomic E-state index is 5.35. The predicted octanol–water partition coefficient (Wildman–Crippen LogP) is 2.18. The minimum atomic E-state index is 0.574. The molecule has 1 aliphatic rings. The van der Waals surface area contributed by atoms with Crippen molar-refractivity contribution in [1.29, 1.82) is 0 Å². The van der Waals surface area contributed by atoms with Gasteiger partial charge in [-0.1, -0.05) is 6.07 Å². The number of hydrogen-bond donors (Lipinski definition) is 1. The summed E-state index contributed by atoms with van der Waals surface area (Å²) < 4.78 is 10.6. The zero-order valence-electron chi connectivity index (χ0n) is 11.4. The van der Waals surface area contributed by atoms with Crippen LogP contribution in [-0.4, -0.2) is 32.9 Å². The first-order valence-corrected chi connectivity index (χ1v) is 6.80. The van der Waals surface area contributed by atoms with Gasteiger partial charge < -0.3 is 14.8 Å². The van der Waals surface area contributed by atoms with E-state index in [4.69, 9.17) is 9.47 Å². The first-order chi connectivity index (χ1) is 8.83. The maximum Gasteiger partial charge on any atom is 0.119 e. The zero-order chi connectivity index (χ0) is 12.8. The number of aryl methyl sites for hydroxylation is 1. The monoisotopic (exact) mass is 249 g/mol. The molecule has 0 saturated carbocycles. The van der Waals surface area contributed by atoms with E-state index in [0.717, 1.165) is 38.3 Å². The molecule has 3 nitrogen and oxygen atoms in total. The highest BCUT2D eigenvalue weighted by molar-refractivity contribution is 5.37. The molecule has 0 fully saturated rings. The molecule has 0 heterocycles. The van der Waals surface area contributed by atoms with Crippen molar-refractivity contribution in [1.82, 2.24) is 5.32 Å². The van der Waals surface area contributed by atoms with Crippen molar-refractivity contribution in [3.63, 3.8) is 0 Å². The first-order valence-electron chi connectivity index (χ1n) is 6.80. The number of hydrogen-bond acceptors (Lipinski definition) is 3. The maximum absolute atomic E-state index is 5.35. The number of benzene rings is 1. The first kappa shape index (κ1) is 13.4. The molecule has 0 spiro atoms. The van der Waals surface area contributed by atoms with E-state index in [-0.39, 0.29) is 0 Å². The van der Waals surface area contributed by atoms with E-state index >= 15 is 0 Å². The van der Waals surface area contributed by atoms with Gasteiger partial charge in [0.15, 0.2) is 0 Å². The molecule has 1 aromatic rings. The van der Waals surface area contributed by atoms with Crippen LogP contribution in [-0.2, 0) is 17.6 Å². The zero-order valence-corrected chi connectivity index (χ0v) is 11.4. The Hall–Kier alpha value is -1.06. The minimum absolute atomic E-state index is 0.574. The average Bonchev–Trinajstić information content (AvgIpc) is 2.42. The van der Waals surface area contributed by atoms with E-state index in [9.17, 15) is 0 Å². The van der Waals surface area contributed by atoms with E-state index in [0.29, 0.717) is 6.04 Å². The summed E-state index contributed by atoms with van der Waals surface area (Å²) >= 11 is 0. The quantitative estimate of drug-likeness (QED) is 0.784. The van der Waals surface area contributed by atoms with Crippen LogP contribution in [0.2, 0.25) is 0 Å². The van der Waals surface area contributed by atoms with Gasteiger partial charge in [0.1, 0.15) is 5.75 Å². The van der Waals surface area contributed by atoms with E-state index in [1.54, 1.807) is 7.11 Å². The molecular weight excluding hydrogens is 226 g/mol. The van der Waals surface area contributed by atoms with Crippen molar-refractivity contribution in [2.45, 2.75) is 32.2 Å². The van der Waals surface area contributed by atoms with Crippen LogP contribution in [0.25, 0.3) is 0 Å². The third-order valence-electron chi connectivity index (χ3n) is 3.53. The third kappa shape index (κ3) is 3.47. The van der Waals surface area contributed by atoms with Crippen LogP contribution in [0.5, 0.6) is 5.75 Å². The Balaban J connectivity index is 1.88. The highest BCUT2D eigenvalue weighted by Crippen LogP contribution is 2.25. The highest BCUT2D eigenvalue weighted by Gasteiger charge is 2.18. The summed E-state index contributed by atoms with van der Waals surface area (Å²) in [5.41, 5.74) is 2.90. The smallest absolute Gasteiger partial charge is 0.119 e. The lowest BCUT2D eigenvalue weighted by atomic mass is 9.88. The topological polar surface area (TPSA) is 30.5 Å². The summed E-state index contributed by atoms with van der Waals surface area (Å²) in [4.78, 5) is 0. The average molecular weight is 249 g/mol. The second-order valence-corrected chi connectivity index (χ2v) is 4.73. The lowest BCUT2D eigenvalue weighted by molar-refractivity contribution is 0.146. The largest absolute Gasteiger partial charge is 0.497 e. The molecule has 0 radical (unpaired) electrons. The third-order valence-corrected chi connectivity index (χ3v) is 3.53. The standard InChI is InChI=1S/C15H23NO2/c1-3-18-9-8-16-14-6-4-12-5-7-15(17-2)11-13(12)10-14/h5,7,11,14,16H,3-4,6,8-10H2,1-2H3. The highest BCUT2D eigenvalue weighted by atomic mass is 16.5. The van der Waals surface area contributed by atoms with E-state index in [1.165, 1.54) is 17.5 Å². The Kier molecular flexibility index (Phi) is 5.02. The molecule has 100 valence electrons. The minimum Gasteiger partial charge on any atom is -0.497 e. The Morgan fingerprint density at radius 2 is 2.22 bits per heavy atom. The second-order valence-electron chi connectivity index (χ2n) is 4.73. The van der Waals surface area contributed by atoms with Gasteiger partial charge in [0, 0.05) is 19.2 Å². The van der Waals surface area contributed by atoms with Crippen LogP contribution in [0.1, 0.15) is 24.5 Å². The van der Waals surface area contributed by atoms with Gasteiger partial charge in [-0.25, -0.2) is 0 Å². The van der Waals surface area contributed by atoms with Gasteiger partial charge >= 0.3 is 0 Å². The Morgan fingerprint density at radius 1 is 1.33 bits per heavy atom. The molecule has 1 unspecified atom stereocenters. The van der Waals surface area contributed by atoms with Gasteiger partial charge in [-0.2, -0.15) is 0 Å². The summed E-state index contributed by atoms with van der Waals surface area (Å²) in [6, 6.07) is 7.00. The number of nitrogens with one attached hydrogen (secondary N) is 1. The molecule has 3 heteroatoms. The summed E-state index contributed by atoms with van der Waals surface area (Å²) in [6.07, 6.45) is 3.47. The molecule has 0 bridgehead atoms. The van der Waals surface area contributed by atoms with Crippen molar-refractivity contribution < 1.29 is 9.47 Å². The van der Waals surface area contributed by atoms with E-state index in [2.05, 4.69) is 23.5 Å². The Labute approximate surface area is 109 Å². The fraction of sp³-hybridized carbons (Fsp3) is 0.600. The fourth-order valence-corrected chi connectivity index (χ4v) is 2.51. The fourth-order valence-electron chi connectivity index (χ4n) is 2.51. The van der Waals surface area contributed by atoms with Crippen LogP contribution < -0.4 is 10.1 Å². The SMILES string of the molecule is CCOCCNC1CCc2ccc(OC)cc2C1. The van der Waals surface area contributed by atoms with Crippen molar-refractivity contribution in [3.05, 3.63) is 29.3 Å². The van der Waals surface area contributed by atoms with Gasteiger partial charge in [0.25, 0.3) is 0 Å². The Morgan fingerprint density at radius 3 is 3.00 bits per heavy atom. The van der Waals surface area contributed by atoms with E-state index < -0.39 is 0 Å². The molecule has 1 aliphatic carbocycles. The number of methoxy groups -OCH3 is 1. The molecule has 0 saturated heterocycles. The van der Waals surface area contributed by atoms with Crippen molar-refractivity contribution >= 4 is 0 Å². The molecule has 1 N–H and O–H groups in total. The van der Waals surface area contributed by atoms with Gasteiger partial charge in [-0.3, -0.25) is 0 Å². The summed E-state index contributed by atoms with van der Waals surface area (Å²) in [5.74, 6) is 0.962.